The molecule has 4 atom stereocenters. The van der Waals surface area contributed by atoms with E-state index in [4.69, 9.17) is 14.5 Å². The molecule has 4 N–H and O–H groups in total. The van der Waals surface area contributed by atoms with E-state index in [-0.39, 0.29) is 51.9 Å². The number of aromatic nitrogens is 3. The number of nitrogens with one attached hydrogen (secondary N) is 2. The molecule has 18 heteroatoms. The first kappa shape index (κ1) is 47.4. The number of esters is 1. The summed E-state index contributed by atoms with van der Waals surface area (Å²) < 4.78 is 13.8. The molecular weight excluding hydrogens is 853 g/mol. The van der Waals surface area contributed by atoms with E-state index in [1.165, 1.54) is 28.2 Å². The normalized spacial score (nSPS) is 23.0. The number of cyclic esters (lactones) is 1. The number of methoxy groups -OCH3 is 1. The molecule has 0 unspecified atom stereocenters. The number of β-amino-alcohol motifs (C(OH)–C–C–N with tert-alkyl or cyclic N) is 1. The second-order valence-corrected chi connectivity index (χ2v) is 19.4. The van der Waals surface area contributed by atoms with Crippen molar-refractivity contribution in [2.75, 3.05) is 40.4 Å². The fourth-order valence-corrected chi connectivity index (χ4v) is 10.2. The number of nitrogens with zero attached hydrogens (tertiary/aromatic N) is 6. The minimum Gasteiger partial charge on any atom is -0.462 e. The fraction of sp³-hybridized carbons (Fsp3) is 0.511. The molecule has 0 aliphatic carbocycles. The van der Waals surface area contributed by atoms with Crippen LogP contribution in [0.5, 0.6) is 0 Å². The van der Waals surface area contributed by atoms with Crippen LogP contribution in [0.4, 0.5) is 0 Å². The number of fused-ring (bicyclic) bond motifs is 6. The van der Waals surface area contributed by atoms with Gasteiger partial charge in [0, 0.05) is 92.1 Å². The number of benzene rings is 1. The van der Waals surface area contributed by atoms with Gasteiger partial charge in [0.25, 0.3) is 11.8 Å². The maximum atomic E-state index is 14.6. The lowest BCUT2D eigenvalue weighted by Crippen LogP contribution is -2.67. The number of aliphatic hydroxyl groups is 2. The highest BCUT2D eigenvalue weighted by Gasteiger charge is 2.49. The van der Waals surface area contributed by atoms with Crippen molar-refractivity contribution >= 4 is 51.8 Å². The predicted octanol–water partition coefficient (Wildman–Crippen LogP) is 3.59. The van der Waals surface area contributed by atoms with E-state index in [2.05, 4.69) is 45.9 Å². The molecule has 1 aromatic carbocycles. The summed E-state index contributed by atoms with van der Waals surface area (Å²) in [5, 5.41) is 30.7. The molecule has 0 radical (unpaired) electrons. The smallest absolute Gasteiger partial charge is 0.355 e. The topological polar surface area (TPSA) is 209 Å². The number of hydrogen-bond donors (Lipinski definition) is 4. The van der Waals surface area contributed by atoms with Crippen molar-refractivity contribution in [3.63, 3.8) is 0 Å². The molecule has 0 spiro atoms. The number of rotatable bonds is 10. The highest BCUT2D eigenvalue weighted by Crippen LogP contribution is 2.41. The number of aryl methyl sites for hydroxylation is 1. The van der Waals surface area contributed by atoms with Crippen LogP contribution in [0.1, 0.15) is 70.1 Å². The van der Waals surface area contributed by atoms with E-state index >= 15 is 0 Å². The Morgan fingerprint density at radius 1 is 1.17 bits per heavy atom. The first-order valence-electron chi connectivity index (χ1n) is 22.1. The van der Waals surface area contributed by atoms with Crippen LogP contribution in [0, 0.1) is 11.3 Å². The number of hydrogen-bond acceptors (Lipinski definition) is 13. The number of hydrazine groups is 1. The van der Waals surface area contributed by atoms with Crippen LogP contribution < -0.4 is 10.7 Å². The molecule has 3 aliphatic rings. The van der Waals surface area contributed by atoms with Gasteiger partial charge in [0.15, 0.2) is 5.60 Å². The van der Waals surface area contributed by atoms with Crippen molar-refractivity contribution < 1.29 is 43.7 Å². The van der Waals surface area contributed by atoms with Crippen molar-refractivity contribution in [2.45, 2.75) is 103 Å². The average Bonchev–Trinajstić information content (AvgIpc) is 4.00. The summed E-state index contributed by atoms with van der Waals surface area (Å²) in [6.07, 6.45) is 3.44. The molecule has 3 aromatic heterocycles. The molecule has 2 saturated heterocycles. The molecular formula is C47H60N8O9S. The van der Waals surface area contributed by atoms with Crippen LogP contribution in [-0.2, 0) is 59.4 Å². The molecule has 2 fully saturated rings. The molecule has 6 bridgehead atoms. The van der Waals surface area contributed by atoms with E-state index in [1.54, 1.807) is 27.2 Å². The zero-order valence-electron chi connectivity index (χ0n) is 38.2. The monoisotopic (exact) mass is 912 g/mol. The van der Waals surface area contributed by atoms with Gasteiger partial charge in [-0.2, -0.15) is 5.43 Å². The summed E-state index contributed by atoms with van der Waals surface area (Å²) >= 11 is 1.32. The fourth-order valence-electron chi connectivity index (χ4n) is 9.38. The Balaban J connectivity index is 1.28. The predicted molar refractivity (Wildman–Crippen MR) is 244 cm³/mol. The second kappa shape index (κ2) is 18.8. The average molecular weight is 913 g/mol. The summed E-state index contributed by atoms with van der Waals surface area (Å²) in [5.74, 6) is -3.90. The standard InChI is InChI=1S/C47H60N8O9S/c1-9-38(56)53-20-17-46(61,26-53)43(59)52(7)39(28(3)4)41(57)50-33-22-37-49-35(25-65-37)29-14-15-36-31(21-29)32(40(54(36)10-2)30-13-11-18-48-34(30)24-63-8)23-45(5,6)27-64-44(60)47(62)16-12-19-55(51-47)42(33)58/h9,11,13-15,18,21,25,28,33,39,51,61-62H,1,10,12,16-17,19-20,22-24,26-27H2,2-8H3,(H,50,57)/t33-,39-,46+,47-/m0/s1. The minimum atomic E-state index is -2.26. The van der Waals surface area contributed by atoms with Gasteiger partial charge in [-0.1, -0.05) is 40.3 Å². The van der Waals surface area contributed by atoms with Gasteiger partial charge in [-0.15, -0.1) is 11.3 Å². The zero-order chi connectivity index (χ0) is 47.0. The summed E-state index contributed by atoms with van der Waals surface area (Å²) in [4.78, 5) is 81.4. The van der Waals surface area contributed by atoms with E-state index in [0.29, 0.717) is 30.3 Å². The number of carbonyl (C=O) groups is 5. The van der Waals surface area contributed by atoms with Crippen LogP contribution in [0.3, 0.4) is 0 Å². The number of thiazole rings is 1. The van der Waals surface area contributed by atoms with Crippen molar-refractivity contribution in [1.82, 2.24) is 40.1 Å². The largest absolute Gasteiger partial charge is 0.462 e. The Morgan fingerprint density at radius 3 is 2.65 bits per heavy atom. The highest BCUT2D eigenvalue weighted by molar-refractivity contribution is 7.10. The van der Waals surface area contributed by atoms with E-state index < -0.39 is 64.3 Å². The summed E-state index contributed by atoms with van der Waals surface area (Å²) in [6, 6.07) is 7.71. The van der Waals surface area contributed by atoms with Gasteiger partial charge < -0.3 is 39.4 Å². The number of likely N-dealkylation sites (tertiary alicyclic amines) is 1. The Labute approximate surface area is 382 Å². The molecule has 4 aromatic rings. The lowest BCUT2D eigenvalue weighted by Gasteiger charge is -2.40. The van der Waals surface area contributed by atoms with E-state index in [9.17, 15) is 34.2 Å². The quantitative estimate of drug-likeness (QED) is 0.133. The van der Waals surface area contributed by atoms with Gasteiger partial charge in [-0.3, -0.25) is 29.2 Å². The van der Waals surface area contributed by atoms with E-state index in [0.717, 1.165) is 50.1 Å². The van der Waals surface area contributed by atoms with Gasteiger partial charge >= 0.3 is 5.97 Å². The van der Waals surface area contributed by atoms with Crippen molar-refractivity contribution in [3.05, 3.63) is 70.8 Å². The molecule has 65 heavy (non-hydrogen) atoms. The summed E-state index contributed by atoms with van der Waals surface area (Å²) in [7, 11) is 3.05. The lowest BCUT2D eigenvalue weighted by molar-refractivity contribution is -0.189. The Morgan fingerprint density at radius 2 is 1.94 bits per heavy atom. The summed E-state index contributed by atoms with van der Waals surface area (Å²) in [6.45, 7) is 13.9. The molecule has 0 saturated carbocycles. The second-order valence-electron chi connectivity index (χ2n) is 18.5. The molecule has 17 nitrogen and oxygen atoms in total. The molecule has 7 rings (SSSR count). The third-order valence-corrected chi connectivity index (χ3v) is 13.5. The van der Waals surface area contributed by atoms with Crippen molar-refractivity contribution in [3.8, 4) is 22.5 Å². The SMILES string of the molecule is C=CC(=O)N1CC[C@](O)(C(=O)N(C)[C@H](C(=O)N[C@H]2Cc3nc(cs3)-c3ccc4c(c3)c(c(-c3cccnc3COC)n4CC)CC(C)(C)COC(=O)[C@@]3(O)CCCN(N3)C2=O)C(C)C)C1. The van der Waals surface area contributed by atoms with Crippen LogP contribution >= 0.6 is 11.3 Å². The first-order valence-corrected chi connectivity index (χ1v) is 22.9. The third-order valence-electron chi connectivity index (χ3n) is 12.6. The van der Waals surface area contributed by atoms with Crippen LogP contribution in [-0.4, -0.2) is 133 Å². The Bertz CT molecular complexity index is 2500. The Kier molecular flexibility index (Phi) is 13.7. The minimum absolute atomic E-state index is 0.0290. The van der Waals surface area contributed by atoms with Crippen molar-refractivity contribution in [1.29, 1.82) is 0 Å². The van der Waals surface area contributed by atoms with Crippen molar-refractivity contribution in [2.24, 2.45) is 11.3 Å². The first-order chi connectivity index (χ1) is 30.8. The highest BCUT2D eigenvalue weighted by atomic mass is 32.1. The summed E-state index contributed by atoms with van der Waals surface area (Å²) in [5.41, 5.74) is 4.08. The maximum absolute atomic E-state index is 14.6. The van der Waals surface area contributed by atoms with Crippen LogP contribution in [0.2, 0.25) is 0 Å². The number of pyridine rings is 1. The number of carbonyl (C=O) groups excluding carboxylic acids is 5. The van der Waals surface area contributed by atoms with Gasteiger partial charge in [-0.25, -0.2) is 9.78 Å². The Hall–Kier alpha value is -5.53. The molecule has 6 heterocycles. The van der Waals surface area contributed by atoms with E-state index in [1.807, 2.05) is 37.4 Å². The number of amides is 4. The van der Waals surface area contributed by atoms with Crippen LogP contribution in [0.25, 0.3) is 33.4 Å². The number of likely N-dealkylation sites (N-methyl/N-ethyl adjacent to an activating group) is 1. The van der Waals surface area contributed by atoms with Gasteiger partial charge in [0.2, 0.25) is 17.5 Å². The van der Waals surface area contributed by atoms with Gasteiger partial charge in [0.05, 0.1) is 41.8 Å². The zero-order valence-corrected chi connectivity index (χ0v) is 39.0. The van der Waals surface area contributed by atoms with Gasteiger partial charge in [0.1, 0.15) is 12.1 Å². The van der Waals surface area contributed by atoms with Crippen LogP contribution in [0.15, 0.2) is 54.6 Å². The molecule has 3 aliphatic heterocycles. The van der Waals surface area contributed by atoms with Gasteiger partial charge in [-0.05, 0) is 61.6 Å². The number of ether oxygens (including phenoxy) is 2. The lowest BCUT2D eigenvalue weighted by atomic mass is 9.84. The maximum Gasteiger partial charge on any atom is 0.355 e. The molecule has 4 amide bonds. The molecule has 348 valence electrons. The third kappa shape index (κ3) is 9.45.